The first-order valence-corrected chi connectivity index (χ1v) is 16.5. The molecule has 0 atom stereocenters. The van der Waals surface area contributed by atoms with Crippen LogP contribution in [0.5, 0.6) is 0 Å². The second kappa shape index (κ2) is 11.5. The van der Waals surface area contributed by atoms with Crippen molar-refractivity contribution in [2.45, 2.75) is 12.3 Å². The van der Waals surface area contributed by atoms with Crippen LogP contribution in [0.3, 0.4) is 0 Å². The van der Waals surface area contributed by atoms with E-state index in [1.165, 1.54) is 4.57 Å². The number of nitrogens with zero attached hydrogens (tertiary/aromatic N) is 4. The van der Waals surface area contributed by atoms with Gasteiger partial charge < -0.3 is 4.57 Å². The van der Waals surface area contributed by atoms with Crippen LogP contribution in [-0.2, 0) is 33.5 Å². The predicted molar refractivity (Wildman–Crippen MR) is 198 cm³/mol. The fourth-order valence-electron chi connectivity index (χ4n) is 8.07. The van der Waals surface area contributed by atoms with E-state index in [2.05, 4.69) is 121 Å². The Labute approximate surface area is 309 Å². The van der Waals surface area contributed by atoms with E-state index in [0.717, 1.165) is 77.8 Å². The van der Waals surface area contributed by atoms with Crippen LogP contribution in [0.15, 0.2) is 152 Å². The third-order valence-electron chi connectivity index (χ3n) is 10.1. The van der Waals surface area contributed by atoms with Gasteiger partial charge in [-0.3, -0.25) is 0 Å². The number of pyridine rings is 1. The molecule has 0 fully saturated rings. The summed E-state index contributed by atoms with van der Waals surface area (Å²) in [6.07, 6.45) is 3.53. The normalized spacial score (nSPS) is 14.1. The van der Waals surface area contributed by atoms with Gasteiger partial charge in [0.2, 0.25) is 0 Å². The maximum Gasteiger partial charge on any atom is 0.188 e. The van der Waals surface area contributed by atoms with Gasteiger partial charge in [-0.05, 0) is 70.5 Å². The summed E-state index contributed by atoms with van der Waals surface area (Å²) in [4.78, 5) is 4.84. The van der Waals surface area contributed by atoms with Crippen LogP contribution in [0.25, 0.3) is 55.5 Å². The third kappa shape index (κ3) is 4.22. The maximum atomic E-state index is 8.27. The Hall–Kier alpha value is -5.57. The Morgan fingerprint density at radius 2 is 1.34 bits per heavy atom. The molecule has 5 heteroatoms. The van der Waals surface area contributed by atoms with Crippen molar-refractivity contribution in [3.63, 3.8) is 0 Å². The van der Waals surface area contributed by atoms with Gasteiger partial charge in [-0.2, -0.15) is 30.3 Å². The number of para-hydroxylation sites is 3. The molecule has 0 N–H and O–H groups in total. The van der Waals surface area contributed by atoms with Gasteiger partial charge >= 0.3 is 0 Å². The summed E-state index contributed by atoms with van der Waals surface area (Å²) in [5, 5.41) is 2.24. The molecule has 0 aliphatic heterocycles. The van der Waals surface area contributed by atoms with E-state index in [-0.39, 0.29) is 21.1 Å². The summed E-state index contributed by atoms with van der Waals surface area (Å²) < 4.78 is 30.3. The summed E-state index contributed by atoms with van der Waals surface area (Å²) in [6, 6.07) is 55.9. The molecule has 0 unspecified atom stereocenters. The number of hydrogen-bond acceptors (Lipinski definition) is 1. The fourth-order valence-corrected chi connectivity index (χ4v) is 8.07. The minimum Gasteiger partial charge on any atom is -0.319 e. The molecule has 0 saturated carbocycles. The zero-order chi connectivity index (χ0) is 35.2. The smallest absolute Gasteiger partial charge is 0.188 e. The minimum atomic E-state index is -2.35. The number of aromatic nitrogens is 4. The van der Waals surface area contributed by atoms with Crippen molar-refractivity contribution < 1.29 is 25.2 Å². The third-order valence-corrected chi connectivity index (χ3v) is 10.1. The van der Waals surface area contributed by atoms with Crippen molar-refractivity contribution in [3.8, 4) is 22.6 Å². The number of aryl methyl sites for hydroxylation is 2. The number of rotatable bonds is 4. The zero-order valence-corrected chi connectivity index (χ0v) is 29.3. The molecule has 0 amide bonds. The van der Waals surface area contributed by atoms with E-state index < -0.39 is 12.4 Å². The van der Waals surface area contributed by atoms with Crippen LogP contribution in [-0.4, -0.2) is 18.7 Å². The Bertz CT molecular complexity index is 2840. The summed E-state index contributed by atoms with van der Waals surface area (Å²) >= 11 is 0. The predicted octanol–water partition coefficient (Wildman–Crippen LogP) is 10.0. The molecular weight excluding hydrogens is 792 g/mol. The largest absolute Gasteiger partial charge is 0.319 e. The molecule has 50 heavy (non-hydrogen) atoms. The summed E-state index contributed by atoms with van der Waals surface area (Å²) in [7, 11) is 0. The Morgan fingerprint density at radius 1 is 0.660 bits per heavy atom. The van der Waals surface area contributed by atoms with Gasteiger partial charge in [-0.15, -0.1) is 22.6 Å². The Morgan fingerprint density at radius 3 is 2.10 bits per heavy atom. The van der Waals surface area contributed by atoms with E-state index in [0.29, 0.717) is 5.52 Å². The van der Waals surface area contributed by atoms with E-state index in [9.17, 15) is 0 Å². The number of imidazole rings is 1. The van der Waals surface area contributed by atoms with Crippen molar-refractivity contribution in [1.82, 2.24) is 18.7 Å². The second-order valence-corrected chi connectivity index (χ2v) is 12.8. The van der Waals surface area contributed by atoms with Crippen molar-refractivity contribution >= 4 is 32.8 Å². The number of hydrogen-bond donors (Lipinski definition) is 0. The van der Waals surface area contributed by atoms with E-state index in [4.69, 9.17) is 9.10 Å². The van der Waals surface area contributed by atoms with Crippen molar-refractivity contribution in [2.75, 3.05) is 0 Å². The Kier molecular flexibility index (Phi) is 6.28. The molecule has 9 aromatic rings. The van der Waals surface area contributed by atoms with Gasteiger partial charge in [0.25, 0.3) is 0 Å². The zero-order valence-electron chi connectivity index (χ0n) is 30.0. The fraction of sp³-hybridized carbons (Fsp3) is 0.0667. The van der Waals surface area contributed by atoms with Crippen LogP contribution in [0.1, 0.15) is 31.9 Å². The monoisotopic (exact) mass is 825 g/mol. The van der Waals surface area contributed by atoms with Crippen LogP contribution < -0.4 is 0 Å². The van der Waals surface area contributed by atoms with Crippen molar-refractivity contribution in [1.29, 1.82) is 0 Å². The second-order valence-electron chi connectivity index (χ2n) is 12.8. The van der Waals surface area contributed by atoms with Crippen LogP contribution in [0, 0.1) is 19.1 Å². The molecule has 0 bridgehead atoms. The first-order valence-electron chi connectivity index (χ1n) is 18.0. The van der Waals surface area contributed by atoms with E-state index in [1.807, 2.05) is 53.2 Å². The van der Waals surface area contributed by atoms with Gasteiger partial charge in [0.1, 0.15) is 5.82 Å². The van der Waals surface area contributed by atoms with Gasteiger partial charge in [0.05, 0.1) is 0 Å². The summed E-state index contributed by atoms with van der Waals surface area (Å²) in [5.41, 5.74) is 11.1. The quantitative estimate of drug-likeness (QED) is 0.163. The molecule has 0 radical (unpaired) electrons. The molecule has 4 nitrogen and oxygen atoms in total. The molecule has 10 rings (SSSR count). The first kappa shape index (κ1) is 27.3. The molecule has 3 heterocycles. The molecule has 6 aromatic carbocycles. The average molecular weight is 826 g/mol. The van der Waals surface area contributed by atoms with Gasteiger partial charge in [0.15, 0.2) is 17.4 Å². The summed E-state index contributed by atoms with van der Waals surface area (Å²) in [6.45, 7) is -0.256. The van der Waals surface area contributed by atoms with Crippen molar-refractivity contribution in [2.24, 2.45) is 6.98 Å². The SMILES string of the molecule is [2H]C([2H])([2H])n1[cH+]n(-c2[c-]c(C3(c4[c-]c5c(cc4)c4ccccc4n5-c4cc(C)ccn4)c4ccccc4-c4ccccc43)ccc2)c2ccccc21.[Pt]. The number of fused-ring (bicyclic) bond motifs is 7. The topological polar surface area (TPSA) is 27.7 Å². The van der Waals surface area contributed by atoms with Crippen LogP contribution in [0.4, 0.5) is 0 Å². The van der Waals surface area contributed by atoms with Gasteiger partial charge in [0, 0.05) is 67.1 Å². The molecule has 1 aliphatic carbocycles. The average Bonchev–Trinajstić information content (AvgIpc) is 3.82. The Balaban J connectivity index is 0.00000372. The molecule has 0 saturated heterocycles. The van der Waals surface area contributed by atoms with Gasteiger partial charge in [-0.1, -0.05) is 78.3 Å². The first-order chi connectivity index (χ1) is 25.3. The molecule has 242 valence electrons. The minimum absolute atomic E-state index is 0. The van der Waals surface area contributed by atoms with Crippen LogP contribution >= 0.6 is 0 Å². The van der Waals surface area contributed by atoms with Gasteiger partial charge in [-0.25, -0.2) is 14.1 Å². The van der Waals surface area contributed by atoms with Crippen LogP contribution in [0.2, 0.25) is 0 Å². The molecule has 3 aromatic heterocycles. The standard InChI is InChI=1S/C45H31N4.Pt/c1-30-24-25-46-44(26-30)49-40-19-8-5-16-36(40)37-23-22-32(28-43(37)49)45(38-17-6-3-14-34(38)35-15-4-7-18-39(35)45)31-12-11-13-33(27-31)48-29-47(2)41-20-9-10-21-42(41)48;/h3-26,29H,1-2H3;/q-1;/i2D3;. The van der Waals surface area contributed by atoms with E-state index in [1.54, 1.807) is 6.33 Å². The maximum absolute atomic E-state index is 8.27. The molecular formula is C45H31N4Pt-. The van der Waals surface area contributed by atoms with Crippen molar-refractivity contribution in [3.05, 3.63) is 192 Å². The molecule has 0 spiro atoms. The number of benzene rings is 6. The molecule has 1 aliphatic rings. The van der Waals surface area contributed by atoms with E-state index >= 15 is 0 Å². The summed E-state index contributed by atoms with van der Waals surface area (Å²) in [5.74, 6) is 0.844.